The third-order valence-electron chi connectivity index (χ3n) is 5.36. The molecule has 8 nitrogen and oxygen atoms in total. The van der Waals surface area contributed by atoms with Gasteiger partial charge in [-0.2, -0.15) is 5.10 Å². The summed E-state index contributed by atoms with van der Waals surface area (Å²) in [6.07, 6.45) is 6.26. The van der Waals surface area contributed by atoms with Crippen LogP contribution in [0, 0.1) is 0 Å². The molecule has 3 aromatic rings. The fourth-order valence-corrected chi connectivity index (χ4v) is 6.66. The van der Waals surface area contributed by atoms with Gasteiger partial charge in [0.2, 0.25) is 0 Å². The summed E-state index contributed by atoms with van der Waals surface area (Å²) in [4.78, 5) is 18.6. The molecule has 0 saturated carbocycles. The van der Waals surface area contributed by atoms with E-state index in [1.54, 1.807) is 22.9 Å². The van der Waals surface area contributed by atoms with Crippen LogP contribution in [0.3, 0.4) is 0 Å². The van der Waals surface area contributed by atoms with Crippen molar-refractivity contribution in [1.82, 2.24) is 14.8 Å². The maximum atomic E-state index is 12.8. The van der Waals surface area contributed by atoms with Gasteiger partial charge in [-0.15, -0.1) is 11.3 Å². The third kappa shape index (κ3) is 3.62. The van der Waals surface area contributed by atoms with Gasteiger partial charge in [0.15, 0.2) is 26.4 Å². The fourth-order valence-electron chi connectivity index (χ4n) is 3.93. The van der Waals surface area contributed by atoms with E-state index < -0.39 is 9.84 Å². The first-order valence-corrected chi connectivity index (χ1v) is 12.3. The van der Waals surface area contributed by atoms with Crippen LogP contribution in [0.4, 0.5) is 5.13 Å². The number of sulfone groups is 1. The van der Waals surface area contributed by atoms with Crippen LogP contribution in [0.2, 0.25) is 0 Å². The van der Waals surface area contributed by atoms with Crippen LogP contribution in [0.5, 0.6) is 0 Å². The van der Waals surface area contributed by atoms with E-state index in [0.29, 0.717) is 23.0 Å². The number of rotatable bonds is 4. The molecule has 5 rings (SSSR count). The summed E-state index contributed by atoms with van der Waals surface area (Å²) >= 11 is 1.52. The number of carbonyl (C=O) groups excluding carboxylic acids is 1. The van der Waals surface area contributed by atoms with Crippen LogP contribution in [0.1, 0.15) is 46.4 Å². The van der Waals surface area contributed by atoms with E-state index in [9.17, 15) is 13.2 Å². The molecule has 29 heavy (non-hydrogen) atoms. The van der Waals surface area contributed by atoms with Crippen LogP contribution >= 0.6 is 11.3 Å². The number of nitrogens with one attached hydrogen (secondary N) is 1. The van der Waals surface area contributed by atoms with Crippen molar-refractivity contribution in [3.8, 4) is 11.5 Å². The number of carbonyl (C=O) groups is 1. The summed E-state index contributed by atoms with van der Waals surface area (Å²) in [6.45, 7) is 0. The first-order valence-electron chi connectivity index (χ1n) is 9.62. The first-order chi connectivity index (χ1) is 14.0. The highest BCUT2D eigenvalue weighted by Crippen LogP contribution is 2.32. The lowest BCUT2D eigenvalue weighted by Gasteiger charge is -2.11. The Kier molecular flexibility index (Phi) is 4.54. The van der Waals surface area contributed by atoms with Crippen molar-refractivity contribution in [2.75, 3.05) is 16.8 Å². The van der Waals surface area contributed by atoms with E-state index in [2.05, 4.69) is 15.4 Å². The second kappa shape index (κ2) is 7.10. The van der Waals surface area contributed by atoms with Crippen LogP contribution in [0.25, 0.3) is 11.5 Å². The number of furan rings is 1. The van der Waals surface area contributed by atoms with Gasteiger partial charge < -0.3 is 4.42 Å². The molecule has 1 atom stereocenters. The molecule has 1 amide bonds. The second-order valence-corrected chi connectivity index (χ2v) is 10.8. The van der Waals surface area contributed by atoms with Gasteiger partial charge in [0.25, 0.3) is 5.91 Å². The number of nitrogens with zero attached hydrogens (tertiary/aromatic N) is 3. The SMILES string of the molecule is O=C(Nc1nc2c(s1)CCCC2)c1cc(-c2ccco2)n([C@@H]2CCS(=O)(=O)C2)n1. The molecule has 1 aliphatic carbocycles. The molecule has 0 spiro atoms. The summed E-state index contributed by atoms with van der Waals surface area (Å²) in [5, 5.41) is 7.88. The average Bonchev–Trinajstić information content (AvgIpc) is 3.46. The highest BCUT2D eigenvalue weighted by atomic mass is 32.2. The maximum Gasteiger partial charge on any atom is 0.277 e. The standard InChI is InChI=1S/C19H20N4O4S2/c24-18(21-19-20-13-4-1-2-6-17(13)28-19)14-10-15(16-5-3-8-27-16)23(22-14)12-7-9-29(25,26)11-12/h3,5,8,10,12H,1-2,4,6-7,9,11H2,(H,20,21,24)/t12-/m1/s1. The van der Waals surface area contributed by atoms with Gasteiger partial charge in [0.1, 0.15) is 5.69 Å². The molecule has 1 saturated heterocycles. The lowest BCUT2D eigenvalue weighted by molar-refractivity contribution is 0.102. The minimum Gasteiger partial charge on any atom is -0.463 e. The minimum absolute atomic E-state index is 0.0165. The third-order valence-corrected chi connectivity index (χ3v) is 8.19. The number of aryl methyl sites for hydroxylation is 2. The van der Waals surface area contributed by atoms with Crippen LogP contribution in [-0.4, -0.2) is 40.6 Å². The molecule has 0 bridgehead atoms. The smallest absolute Gasteiger partial charge is 0.277 e. The quantitative estimate of drug-likeness (QED) is 0.679. The second-order valence-electron chi connectivity index (χ2n) is 7.44. The minimum atomic E-state index is -3.09. The Bertz CT molecular complexity index is 1140. The summed E-state index contributed by atoms with van der Waals surface area (Å²) in [6, 6.07) is 4.85. The number of thiazole rings is 1. The van der Waals surface area contributed by atoms with E-state index in [1.165, 1.54) is 22.5 Å². The Labute approximate surface area is 171 Å². The zero-order chi connectivity index (χ0) is 20.0. The van der Waals surface area contributed by atoms with Crippen molar-refractivity contribution in [1.29, 1.82) is 0 Å². The van der Waals surface area contributed by atoms with Gasteiger partial charge in [-0.3, -0.25) is 14.8 Å². The Morgan fingerprint density at radius 2 is 2.17 bits per heavy atom. The molecule has 4 heterocycles. The molecule has 152 valence electrons. The van der Waals surface area contributed by atoms with Gasteiger partial charge in [0, 0.05) is 10.9 Å². The number of hydrogen-bond acceptors (Lipinski definition) is 7. The molecular weight excluding hydrogens is 412 g/mol. The summed E-state index contributed by atoms with van der Waals surface area (Å²) < 4.78 is 31.0. The topological polar surface area (TPSA) is 107 Å². The molecular formula is C19H20N4O4S2. The van der Waals surface area contributed by atoms with Crippen molar-refractivity contribution in [3.63, 3.8) is 0 Å². The summed E-state index contributed by atoms with van der Waals surface area (Å²) in [5.74, 6) is 0.332. The first kappa shape index (κ1) is 18.6. The van der Waals surface area contributed by atoms with Crippen molar-refractivity contribution in [3.05, 3.63) is 40.7 Å². The highest BCUT2D eigenvalue weighted by molar-refractivity contribution is 7.91. The highest BCUT2D eigenvalue weighted by Gasteiger charge is 2.32. The van der Waals surface area contributed by atoms with E-state index in [0.717, 1.165) is 31.4 Å². The van der Waals surface area contributed by atoms with Crippen molar-refractivity contribution >= 4 is 32.2 Å². The summed E-state index contributed by atoms with van der Waals surface area (Å²) in [7, 11) is -3.09. The van der Waals surface area contributed by atoms with Crippen LogP contribution in [0.15, 0.2) is 28.9 Å². The largest absolute Gasteiger partial charge is 0.463 e. The number of aromatic nitrogens is 3. The Morgan fingerprint density at radius 3 is 2.90 bits per heavy atom. The molecule has 3 aromatic heterocycles. The van der Waals surface area contributed by atoms with Gasteiger partial charge >= 0.3 is 0 Å². The van der Waals surface area contributed by atoms with E-state index in [4.69, 9.17) is 4.42 Å². The zero-order valence-corrected chi connectivity index (χ0v) is 17.3. The Balaban J connectivity index is 1.44. The zero-order valence-electron chi connectivity index (χ0n) is 15.6. The van der Waals surface area contributed by atoms with Gasteiger partial charge in [0.05, 0.1) is 29.5 Å². The van der Waals surface area contributed by atoms with Crippen molar-refractivity contribution in [2.24, 2.45) is 0 Å². The molecule has 0 aromatic carbocycles. The van der Waals surface area contributed by atoms with Gasteiger partial charge in [-0.25, -0.2) is 13.4 Å². The maximum absolute atomic E-state index is 12.8. The Morgan fingerprint density at radius 1 is 1.31 bits per heavy atom. The van der Waals surface area contributed by atoms with E-state index in [-0.39, 0.29) is 29.1 Å². The van der Waals surface area contributed by atoms with Crippen molar-refractivity contribution in [2.45, 2.75) is 38.1 Å². The normalized spacial score (nSPS) is 20.5. The number of fused-ring (bicyclic) bond motifs is 1. The predicted molar refractivity (Wildman–Crippen MR) is 109 cm³/mol. The average molecular weight is 433 g/mol. The van der Waals surface area contributed by atoms with Gasteiger partial charge in [-0.1, -0.05) is 0 Å². The molecule has 2 aliphatic rings. The lowest BCUT2D eigenvalue weighted by Crippen LogP contribution is -2.16. The van der Waals surface area contributed by atoms with E-state index in [1.807, 2.05) is 0 Å². The fraction of sp³-hybridized carbons (Fsp3) is 0.421. The Hall–Kier alpha value is -2.46. The number of hydrogen-bond donors (Lipinski definition) is 1. The predicted octanol–water partition coefficient (Wildman–Crippen LogP) is 3.09. The van der Waals surface area contributed by atoms with Crippen LogP contribution in [-0.2, 0) is 22.7 Å². The molecule has 0 radical (unpaired) electrons. The molecule has 10 heteroatoms. The number of anilines is 1. The molecule has 1 aliphatic heterocycles. The van der Waals surface area contributed by atoms with Crippen LogP contribution < -0.4 is 5.32 Å². The van der Waals surface area contributed by atoms with E-state index >= 15 is 0 Å². The molecule has 1 N–H and O–H groups in total. The monoisotopic (exact) mass is 432 g/mol. The lowest BCUT2D eigenvalue weighted by atomic mass is 10.0. The molecule has 1 fully saturated rings. The number of amides is 1. The van der Waals surface area contributed by atoms with Gasteiger partial charge in [-0.05, 0) is 44.2 Å². The molecule has 0 unspecified atom stereocenters. The summed E-state index contributed by atoms with van der Waals surface area (Å²) in [5.41, 5.74) is 1.89. The van der Waals surface area contributed by atoms with Crippen molar-refractivity contribution < 1.29 is 17.6 Å².